The van der Waals surface area contributed by atoms with Crippen LogP contribution in [0.4, 0.5) is 4.39 Å². The minimum atomic E-state index is -0.454. The first-order valence-electron chi connectivity index (χ1n) is 6.43. The summed E-state index contributed by atoms with van der Waals surface area (Å²) in [5, 5.41) is 0. The highest BCUT2D eigenvalue weighted by Crippen LogP contribution is 2.32. The monoisotopic (exact) mass is 274 g/mol. The van der Waals surface area contributed by atoms with Crippen LogP contribution < -0.4 is 16.0 Å². The fourth-order valence-electron chi connectivity index (χ4n) is 2.31. The first-order valence-corrected chi connectivity index (χ1v) is 6.43. The molecule has 0 aliphatic heterocycles. The average Bonchev–Trinajstić information content (AvgIpc) is 2.44. The van der Waals surface area contributed by atoms with E-state index in [4.69, 9.17) is 10.6 Å². The lowest BCUT2D eigenvalue weighted by Crippen LogP contribution is -2.30. The number of aryl methyl sites for hydroxylation is 2. The van der Waals surface area contributed by atoms with Crippen molar-refractivity contribution in [1.82, 2.24) is 5.43 Å². The molecule has 0 radical (unpaired) electrons. The Kier molecular flexibility index (Phi) is 4.37. The van der Waals surface area contributed by atoms with Gasteiger partial charge in [0.05, 0.1) is 13.2 Å². The highest BCUT2D eigenvalue weighted by molar-refractivity contribution is 5.44. The number of nitrogens with one attached hydrogen (secondary N) is 1. The van der Waals surface area contributed by atoms with Crippen LogP contribution >= 0.6 is 0 Å². The fraction of sp³-hybridized carbons (Fsp3) is 0.250. The van der Waals surface area contributed by atoms with Crippen molar-refractivity contribution < 1.29 is 9.13 Å². The van der Waals surface area contributed by atoms with Gasteiger partial charge >= 0.3 is 0 Å². The van der Waals surface area contributed by atoms with Gasteiger partial charge < -0.3 is 4.74 Å². The van der Waals surface area contributed by atoms with Crippen molar-refractivity contribution in [2.45, 2.75) is 19.9 Å². The van der Waals surface area contributed by atoms with Gasteiger partial charge in [0, 0.05) is 11.1 Å². The second kappa shape index (κ2) is 6.03. The molecule has 1 unspecified atom stereocenters. The lowest BCUT2D eigenvalue weighted by molar-refractivity contribution is 0.403. The molecule has 0 aromatic heterocycles. The number of hydrazine groups is 1. The number of hydrogen-bond donors (Lipinski definition) is 2. The number of ether oxygens (including phenoxy) is 1. The van der Waals surface area contributed by atoms with Gasteiger partial charge in [-0.3, -0.25) is 5.84 Å². The van der Waals surface area contributed by atoms with Gasteiger partial charge in [-0.15, -0.1) is 0 Å². The van der Waals surface area contributed by atoms with Crippen molar-refractivity contribution in [1.29, 1.82) is 0 Å². The topological polar surface area (TPSA) is 47.3 Å². The van der Waals surface area contributed by atoms with Crippen molar-refractivity contribution in [3.8, 4) is 5.75 Å². The molecule has 0 bridgehead atoms. The van der Waals surface area contributed by atoms with Gasteiger partial charge in [0.25, 0.3) is 0 Å². The van der Waals surface area contributed by atoms with E-state index in [-0.39, 0.29) is 5.82 Å². The minimum Gasteiger partial charge on any atom is -0.496 e. The molecule has 3 nitrogen and oxygen atoms in total. The molecule has 0 amide bonds. The summed E-state index contributed by atoms with van der Waals surface area (Å²) in [4.78, 5) is 0. The SMILES string of the molecule is COc1ccc(C)cc1C(NN)c1cc(C)ccc1F. The lowest BCUT2D eigenvalue weighted by atomic mass is 9.95. The van der Waals surface area contributed by atoms with E-state index in [0.29, 0.717) is 11.3 Å². The van der Waals surface area contributed by atoms with Crippen molar-refractivity contribution in [3.63, 3.8) is 0 Å². The predicted molar refractivity (Wildman–Crippen MR) is 78.0 cm³/mol. The van der Waals surface area contributed by atoms with Crippen LogP contribution in [0, 0.1) is 19.7 Å². The van der Waals surface area contributed by atoms with Crippen molar-refractivity contribution in [3.05, 3.63) is 64.5 Å². The summed E-state index contributed by atoms with van der Waals surface area (Å²) in [5.74, 6) is 6.05. The van der Waals surface area contributed by atoms with Crippen molar-refractivity contribution in [2.24, 2.45) is 5.84 Å². The summed E-state index contributed by atoms with van der Waals surface area (Å²) < 4.78 is 19.4. The fourth-order valence-corrected chi connectivity index (χ4v) is 2.31. The molecule has 4 heteroatoms. The van der Waals surface area contributed by atoms with Gasteiger partial charge in [-0.1, -0.05) is 35.4 Å². The number of halogens is 1. The first kappa shape index (κ1) is 14.5. The Morgan fingerprint density at radius 3 is 2.25 bits per heavy atom. The molecule has 2 rings (SSSR count). The third kappa shape index (κ3) is 2.81. The van der Waals surface area contributed by atoms with Crippen LogP contribution in [-0.2, 0) is 0 Å². The zero-order valence-corrected chi connectivity index (χ0v) is 11.9. The molecular formula is C16H19FN2O. The standard InChI is InChI=1S/C16H19FN2O/c1-10-4-6-14(17)12(8-10)16(19-18)13-9-11(2)5-7-15(13)20-3/h4-9,16,19H,18H2,1-3H3. The molecule has 0 saturated heterocycles. The maximum absolute atomic E-state index is 14.1. The summed E-state index contributed by atoms with van der Waals surface area (Å²) in [5.41, 5.74) is 6.06. The molecule has 0 aliphatic carbocycles. The van der Waals surface area contributed by atoms with Crippen LogP contribution in [0.5, 0.6) is 5.75 Å². The molecule has 0 fully saturated rings. The highest BCUT2D eigenvalue weighted by atomic mass is 19.1. The predicted octanol–water partition coefficient (Wildman–Crippen LogP) is 3.00. The maximum Gasteiger partial charge on any atom is 0.128 e. The number of methoxy groups -OCH3 is 1. The molecule has 1 atom stereocenters. The van der Waals surface area contributed by atoms with Crippen LogP contribution in [0.15, 0.2) is 36.4 Å². The Morgan fingerprint density at radius 2 is 1.65 bits per heavy atom. The Balaban J connectivity index is 2.57. The van der Waals surface area contributed by atoms with Gasteiger partial charge in [-0.25, -0.2) is 9.82 Å². The molecule has 3 N–H and O–H groups in total. The van der Waals surface area contributed by atoms with Gasteiger partial charge in [-0.2, -0.15) is 0 Å². The van der Waals surface area contributed by atoms with E-state index in [2.05, 4.69) is 5.43 Å². The average molecular weight is 274 g/mol. The van der Waals surface area contributed by atoms with Gasteiger partial charge in [0.1, 0.15) is 11.6 Å². The number of benzene rings is 2. The maximum atomic E-state index is 14.1. The Morgan fingerprint density at radius 1 is 1.05 bits per heavy atom. The van der Waals surface area contributed by atoms with E-state index in [1.807, 2.05) is 32.0 Å². The minimum absolute atomic E-state index is 0.290. The zero-order valence-electron chi connectivity index (χ0n) is 11.9. The third-order valence-electron chi connectivity index (χ3n) is 3.33. The van der Waals surface area contributed by atoms with Crippen LogP contribution in [0.1, 0.15) is 28.3 Å². The van der Waals surface area contributed by atoms with E-state index in [9.17, 15) is 4.39 Å². The van der Waals surface area contributed by atoms with Gasteiger partial charge in [0.2, 0.25) is 0 Å². The summed E-state index contributed by atoms with van der Waals surface area (Å²) >= 11 is 0. The van der Waals surface area contributed by atoms with E-state index < -0.39 is 6.04 Å². The van der Waals surface area contributed by atoms with E-state index in [0.717, 1.165) is 16.7 Å². The first-order chi connectivity index (χ1) is 9.56. The number of rotatable bonds is 4. The molecule has 2 aromatic carbocycles. The Bertz CT molecular complexity index is 613. The lowest BCUT2D eigenvalue weighted by Gasteiger charge is -2.21. The normalized spacial score (nSPS) is 12.2. The molecule has 2 aromatic rings. The van der Waals surface area contributed by atoms with Crippen LogP contribution in [0.25, 0.3) is 0 Å². The van der Waals surface area contributed by atoms with Crippen molar-refractivity contribution >= 4 is 0 Å². The third-order valence-corrected chi connectivity index (χ3v) is 3.33. The molecule has 0 spiro atoms. The second-order valence-electron chi connectivity index (χ2n) is 4.87. The molecule has 0 aliphatic rings. The Hall–Kier alpha value is -1.91. The summed E-state index contributed by atoms with van der Waals surface area (Å²) in [7, 11) is 1.59. The van der Waals surface area contributed by atoms with Gasteiger partial charge in [0.15, 0.2) is 0 Å². The van der Waals surface area contributed by atoms with Gasteiger partial charge in [-0.05, 0) is 26.0 Å². The second-order valence-corrected chi connectivity index (χ2v) is 4.87. The van der Waals surface area contributed by atoms with Crippen LogP contribution in [0.3, 0.4) is 0 Å². The van der Waals surface area contributed by atoms with Crippen LogP contribution in [0.2, 0.25) is 0 Å². The summed E-state index contributed by atoms with van der Waals surface area (Å²) in [6.45, 7) is 3.90. The quantitative estimate of drug-likeness (QED) is 0.665. The summed E-state index contributed by atoms with van der Waals surface area (Å²) in [6.07, 6.45) is 0. The number of hydrogen-bond acceptors (Lipinski definition) is 3. The molecule has 106 valence electrons. The number of nitrogens with two attached hydrogens (primary N) is 1. The zero-order chi connectivity index (χ0) is 14.7. The van der Waals surface area contributed by atoms with E-state index in [1.54, 1.807) is 19.2 Å². The molecule has 0 saturated carbocycles. The molecule has 20 heavy (non-hydrogen) atoms. The smallest absolute Gasteiger partial charge is 0.128 e. The van der Waals surface area contributed by atoms with Crippen molar-refractivity contribution in [2.75, 3.05) is 7.11 Å². The van der Waals surface area contributed by atoms with E-state index in [1.165, 1.54) is 6.07 Å². The van der Waals surface area contributed by atoms with Crippen LogP contribution in [-0.4, -0.2) is 7.11 Å². The molecule has 0 heterocycles. The van der Waals surface area contributed by atoms with E-state index >= 15 is 0 Å². The largest absolute Gasteiger partial charge is 0.496 e. The molecular weight excluding hydrogens is 255 g/mol. The summed E-state index contributed by atoms with van der Waals surface area (Å²) in [6, 6.07) is 10.3. The highest BCUT2D eigenvalue weighted by Gasteiger charge is 2.20. The Labute approximate surface area is 118 Å².